The molecule has 1 aromatic heterocycles. The van der Waals surface area contributed by atoms with Gasteiger partial charge in [-0.25, -0.2) is 0 Å². The summed E-state index contributed by atoms with van der Waals surface area (Å²) in [6.07, 6.45) is 9.55. The fraction of sp³-hybridized carbons (Fsp3) is 0.485. The van der Waals surface area contributed by atoms with Gasteiger partial charge in [0.25, 0.3) is 6.71 Å². The molecule has 3 heterocycles. The Labute approximate surface area is 426 Å². The molecule has 0 unspecified atom stereocenters. The van der Waals surface area contributed by atoms with Crippen molar-refractivity contribution in [1.82, 2.24) is 0 Å². The Bertz CT molecular complexity index is 3190. The summed E-state index contributed by atoms with van der Waals surface area (Å²) in [5.74, 6) is 0. The molecule has 6 aliphatic rings. The quantitative estimate of drug-likeness (QED) is 0.163. The first kappa shape index (κ1) is 46.5. The van der Waals surface area contributed by atoms with Gasteiger partial charge in [0.2, 0.25) is 0 Å². The van der Waals surface area contributed by atoms with Crippen LogP contribution in [-0.4, -0.2) is 6.71 Å². The van der Waals surface area contributed by atoms with Gasteiger partial charge in [-0.05, 0) is 204 Å². The molecule has 0 atom stereocenters. The van der Waals surface area contributed by atoms with Crippen molar-refractivity contribution in [2.24, 2.45) is 0 Å². The van der Waals surface area contributed by atoms with Crippen molar-refractivity contribution in [3.63, 3.8) is 0 Å². The molecular formula is C66H79BN2S. The molecule has 4 heteroatoms. The van der Waals surface area contributed by atoms with Crippen LogP contribution < -0.4 is 26.2 Å². The zero-order valence-corrected chi connectivity index (χ0v) is 46.5. The largest absolute Gasteiger partial charge is 0.311 e. The maximum atomic E-state index is 2.79. The predicted octanol–water partition coefficient (Wildman–Crippen LogP) is 16.9. The third kappa shape index (κ3) is 6.62. The molecule has 0 saturated heterocycles. The van der Waals surface area contributed by atoms with E-state index in [9.17, 15) is 0 Å². The lowest BCUT2D eigenvalue weighted by Crippen LogP contribution is -2.63. The smallest absolute Gasteiger partial charge is 0.253 e. The van der Waals surface area contributed by atoms with Gasteiger partial charge in [-0.3, -0.25) is 0 Å². The Balaban J connectivity index is 1.25. The van der Waals surface area contributed by atoms with Crippen molar-refractivity contribution in [3.05, 3.63) is 135 Å². The summed E-state index contributed by atoms with van der Waals surface area (Å²) in [4.78, 5) is 7.15. The summed E-state index contributed by atoms with van der Waals surface area (Å²) in [7, 11) is 0. The van der Waals surface area contributed by atoms with Crippen molar-refractivity contribution in [1.29, 1.82) is 0 Å². The molecule has 2 nitrogen and oxygen atoms in total. The van der Waals surface area contributed by atoms with Gasteiger partial charge in [0, 0.05) is 33.3 Å². The van der Waals surface area contributed by atoms with Crippen LogP contribution in [0, 0.1) is 0 Å². The van der Waals surface area contributed by atoms with Crippen LogP contribution >= 0.6 is 11.3 Å². The van der Waals surface area contributed by atoms with Crippen LogP contribution in [-0.2, 0) is 43.3 Å². The van der Waals surface area contributed by atoms with Gasteiger partial charge in [-0.2, -0.15) is 0 Å². The van der Waals surface area contributed by atoms with E-state index in [0.29, 0.717) is 0 Å². The van der Waals surface area contributed by atoms with E-state index < -0.39 is 0 Å². The summed E-state index contributed by atoms with van der Waals surface area (Å²) in [5.41, 5.74) is 25.1. The van der Waals surface area contributed by atoms with E-state index in [2.05, 4.69) is 223 Å². The molecule has 2 aliphatic heterocycles. The number of nitrogens with zero attached hydrogens (tertiary/aromatic N) is 2. The number of benzene rings is 5. The summed E-state index contributed by atoms with van der Waals surface area (Å²) < 4.78 is 0. The summed E-state index contributed by atoms with van der Waals surface area (Å²) in [5, 5.41) is 1.43. The van der Waals surface area contributed by atoms with Gasteiger partial charge in [0.15, 0.2) is 0 Å². The second kappa shape index (κ2) is 14.6. The lowest BCUT2D eigenvalue weighted by Gasteiger charge is -2.48. The molecule has 0 fully saturated rings. The highest BCUT2D eigenvalue weighted by molar-refractivity contribution is 7.20. The van der Waals surface area contributed by atoms with Crippen LogP contribution in [0.25, 0.3) is 11.1 Å². The van der Waals surface area contributed by atoms with Gasteiger partial charge in [0.05, 0.1) is 5.00 Å². The van der Waals surface area contributed by atoms with Crippen molar-refractivity contribution in [2.45, 2.75) is 205 Å². The van der Waals surface area contributed by atoms with Gasteiger partial charge in [-0.1, -0.05) is 159 Å². The van der Waals surface area contributed by atoms with Crippen LogP contribution in [0.3, 0.4) is 0 Å². The molecule has 12 rings (SSSR count). The van der Waals surface area contributed by atoms with Crippen molar-refractivity contribution >= 4 is 67.9 Å². The molecule has 362 valence electrons. The SMILES string of the molecule is CC1(C)CCC(C)(C)c2cc(N3c4cc5c(cc4B4c6c3cc(-c3ccccc3)cc6N(c3ccc6c(c3)C(C)(C)CCC6(C)C)c3sc6c(c34)C(C)(C)CCC6(C)C)C(C)(C)CCC5(C)C)ccc21. The second-order valence-corrected chi connectivity index (χ2v) is 29.4. The monoisotopic (exact) mass is 943 g/mol. The molecule has 0 N–H and O–H groups in total. The van der Waals surface area contributed by atoms with Crippen LogP contribution in [0.5, 0.6) is 0 Å². The minimum Gasteiger partial charge on any atom is -0.311 e. The number of fused-ring (bicyclic) bond motifs is 9. The van der Waals surface area contributed by atoms with Gasteiger partial charge in [-0.15, -0.1) is 11.3 Å². The molecule has 0 saturated carbocycles. The Hall–Kier alpha value is -4.54. The van der Waals surface area contributed by atoms with Gasteiger partial charge < -0.3 is 9.80 Å². The topological polar surface area (TPSA) is 6.48 Å². The van der Waals surface area contributed by atoms with Crippen LogP contribution in [0.4, 0.5) is 33.4 Å². The molecule has 4 aliphatic carbocycles. The van der Waals surface area contributed by atoms with E-state index in [0.717, 1.165) is 0 Å². The van der Waals surface area contributed by atoms with E-state index >= 15 is 0 Å². The normalized spacial score (nSPS) is 22.7. The Morgan fingerprint density at radius 3 is 1.33 bits per heavy atom. The highest BCUT2D eigenvalue weighted by Crippen LogP contribution is 2.58. The minimum atomic E-state index is 0.0216. The molecule has 6 aromatic rings. The fourth-order valence-corrected chi connectivity index (χ4v) is 16.4. The van der Waals surface area contributed by atoms with Crippen LogP contribution in [0.2, 0.25) is 0 Å². The third-order valence-corrected chi connectivity index (χ3v) is 21.4. The van der Waals surface area contributed by atoms with Crippen molar-refractivity contribution in [3.8, 4) is 11.1 Å². The molecular weight excluding hydrogens is 864 g/mol. The number of hydrogen-bond donors (Lipinski definition) is 0. The molecule has 0 radical (unpaired) electrons. The molecule has 0 spiro atoms. The van der Waals surface area contributed by atoms with Crippen molar-refractivity contribution in [2.75, 3.05) is 9.80 Å². The number of rotatable bonds is 3. The standard InChI is InChI=1S/C66H79BN2S/c1-59(2)26-28-61(5,6)46-36-42(22-24-44(46)59)68-51-39-49-48(63(9,10)30-31-64(49,11)12)38-50(51)67-55-52(68)34-41(40-20-18-17-19-21-40)35-53(55)69(43-23-25-45-47(37-43)62(7,8)29-27-60(45,3)4)58-56(67)54-57(70-58)66(15,16)33-32-65(54,13)14/h17-25,34-39H,26-33H2,1-16H3. The van der Waals surface area contributed by atoms with Crippen LogP contribution in [0.1, 0.15) is 206 Å². The average Bonchev–Trinajstić information content (AvgIpc) is 3.73. The number of thiophene rings is 1. The first-order valence-corrected chi connectivity index (χ1v) is 28.0. The van der Waals surface area contributed by atoms with E-state index in [1.54, 1.807) is 21.5 Å². The zero-order chi connectivity index (χ0) is 49.7. The average molecular weight is 943 g/mol. The van der Waals surface area contributed by atoms with Gasteiger partial charge in [0.1, 0.15) is 0 Å². The molecule has 0 bridgehead atoms. The minimum absolute atomic E-state index is 0.0216. The summed E-state index contributed by atoms with van der Waals surface area (Å²) in [6, 6.07) is 37.3. The van der Waals surface area contributed by atoms with E-state index in [-0.39, 0.29) is 50.0 Å². The predicted molar refractivity (Wildman–Crippen MR) is 305 cm³/mol. The third-order valence-electron chi connectivity index (χ3n) is 19.8. The van der Waals surface area contributed by atoms with Crippen LogP contribution in [0.15, 0.2) is 91.0 Å². The molecule has 5 aromatic carbocycles. The van der Waals surface area contributed by atoms with Crippen molar-refractivity contribution < 1.29 is 0 Å². The zero-order valence-electron chi connectivity index (χ0n) is 45.7. The van der Waals surface area contributed by atoms with E-state index in [4.69, 9.17) is 0 Å². The number of anilines is 6. The lowest BCUT2D eigenvalue weighted by atomic mass is 9.32. The number of hydrogen-bond acceptors (Lipinski definition) is 3. The Kier molecular flexibility index (Phi) is 9.69. The molecule has 70 heavy (non-hydrogen) atoms. The maximum Gasteiger partial charge on any atom is 0.253 e. The maximum absolute atomic E-state index is 2.79. The van der Waals surface area contributed by atoms with E-state index in [1.807, 2.05) is 0 Å². The summed E-state index contributed by atoms with van der Waals surface area (Å²) >= 11 is 2.13. The highest BCUT2D eigenvalue weighted by Gasteiger charge is 2.53. The van der Waals surface area contributed by atoms with E-state index in [1.165, 1.54) is 135 Å². The summed E-state index contributed by atoms with van der Waals surface area (Å²) in [6.45, 7) is 40.2. The highest BCUT2D eigenvalue weighted by atomic mass is 32.1. The first-order valence-electron chi connectivity index (χ1n) is 27.1. The second-order valence-electron chi connectivity index (χ2n) is 28.4. The lowest BCUT2D eigenvalue weighted by molar-refractivity contribution is 0.332. The first-order chi connectivity index (χ1) is 32.6. The van der Waals surface area contributed by atoms with Gasteiger partial charge >= 0.3 is 0 Å². The Morgan fingerprint density at radius 2 is 0.800 bits per heavy atom. The molecule has 0 amide bonds. The Morgan fingerprint density at radius 1 is 0.371 bits per heavy atom. The fourth-order valence-electron chi connectivity index (χ4n) is 14.7.